The van der Waals surface area contributed by atoms with Crippen molar-refractivity contribution in [2.75, 3.05) is 7.11 Å². The standard InChI is InChI=1S/C8H8FNO3.2CH3.Zn/c1-5-6(10(11)12)3-4-7(13-2)8(5)9;;;/h3-4H,1-2H3;2*1H3;/q;2*-1;+2. The maximum atomic E-state index is 13.2. The van der Waals surface area contributed by atoms with Crippen LogP contribution in [0.2, 0.25) is 0 Å². The first kappa shape index (κ1) is 20.4. The molecule has 86 valence electrons. The third kappa shape index (κ3) is 3.85. The Kier molecular flexibility index (Phi) is 10.4. The molecule has 0 unspecified atom stereocenters. The number of rotatable bonds is 2. The number of nitrogens with zero attached hydrogens (tertiary/aromatic N) is 1. The number of methoxy groups -OCH3 is 1. The van der Waals surface area contributed by atoms with Gasteiger partial charge in [0.05, 0.1) is 17.6 Å². The van der Waals surface area contributed by atoms with E-state index in [1.54, 1.807) is 0 Å². The van der Waals surface area contributed by atoms with Gasteiger partial charge in [-0.25, -0.2) is 4.39 Å². The zero-order valence-corrected chi connectivity index (χ0v) is 12.9. The first-order valence-electron chi connectivity index (χ1n) is 3.55. The summed E-state index contributed by atoms with van der Waals surface area (Å²) >= 11 is 0. The number of hydrogen-bond donors (Lipinski definition) is 0. The Labute approximate surface area is 108 Å². The number of benzene rings is 1. The molecule has 0 aliphatic rings. The molecule has 0 fully saturated rings. The van der Waals surface area contributed by atoms with Crippen molar-refractivity contribution in [3.05, 3.63) is 48.5 Å². The Morgan fingerprint density at radius 3 is 2.25 bits per heavy atom. The number of nitro benzene ring substituents is 1. The minimum atomic E-state index is -0.684. The van der Waals surface area contributed by atoms with E-state index in [1.807, 2.05) is 0 Å². The molecule has 0 aliphatic heterocycles. The van der Waals surface area contributed by atoms with Gasteiger partial charge >= 0.3 is 19.5 Å². The van der Waals surface area contributed by atoms with Gasteiger partial charge in [-0.2, -0.15) is 0 Å². The molecule has 0 N–H and O–H groups in total. The molecule has 0 aromatic heterocycles. The second-order valence-corrected chi connectivity index (χ2v) is 2.48. The number of halogens is 1. The molecule has 16 heavy (non-hydrogen) atoms. The van der Waals surface area contributed by atoms with Gasteiger partial charge in [-0.05, 0) is 13.0 Å². The van der Waals surface area contributed by atoms with Gasteiger partial charge in [0, 0.05) is 6.07 Å². The predicted molar refractivity (Wildman–Crippen MR) is 57.2 cm³/mol. The quantitative estimate of drug-likeness (QED) is 0.362. The molecule has 6 heteroatoms. The van der Waals surface area contributed by atoms with Gasteiger partial charge in [0.1, 0.15) is 0 Å². The topological polar surface area (TPSA) is 52.4 Å². The summed E-state index contributed by atoms with van der Waals surface area (Å²) in [6.45, 7) is 1.34. The van der Waals surface area contributed by atoms with Gasteiger partial charge in [0.2, 0.25) is 0 Å². The fourth-order valence-corrected chi connectivity index (χ4v) is 1.01. The number of hydrogen-bond acceptors (Lipinski definition) is 3. The van der Waals surface area contributed by atoms with Crippen LogP contribution < -0.4 is 4.74 Å². The smallest absolute Gasteiger partial charge is 0.494 e. The number of ether oxygens (including phenoxy) is 1. The Balaban J connectivity index is -0.000000563. The molecule has 0 amide bonds. The minimum absolute atomic E-state index is 0. The molecule has 0 bridgehead atoms. The van der Waals surface area contributed by atoms with Crippen LogP contribution in [0.25, 0.3) is 0 Å². The predicted octanol–water partition coefficient (Wildman–Crippen LogP) is 2.95. The van der Waals surface area contributed by atoms with Crippen molar-refractivity contribution in [3.63, 3.8) is 0 Å². The van der Waals surface area contributed by atoms with Crippen molar-refractivity contribution in [1.29, 1.82) is 0 Å². The van der Waals surface area contributed by atoms with Gasteiger partial charge in [0.15, 0.2) is 11.6 Å². The third-order valence-corrected chi connectivity index (χ3v) is 1.74. The van der Waals surface area contributed by atoms with Crippen LogP contribution in [0.1, 0.15) is 5.56 Å². The van der Waals surface area contributed by atoms with Crippen LogP contribution in [-0.4, -0.2) is 12.0 Å². The zero-order chi connectivity index (χ0) is 10.0. The van der Waals surface area contributed by atoms with Crippen molar-refractivity contribution in [2.45, 2.75) is 6.92 Å². The Hall–Kier alpha value is -1.03. The largest absolute Gasteiger partial charge is 2.00 e. The summed E-state index contributed by atoms with van der Waals surface area (Å²) < 4.78 is 17.9. The molecule has 0 aliphatic carbocycles. The van der Waals surface area contributed by atoms with Gasteiger partial charge in [-0.3, -0.25) is 10.1 Å². The van der Waals surface area contributed by atoms with E-state index < -0.39 is 10.7 Å². The Bertz CT molecular complexity index is 358. The summed E-state index contributed by atoms with van der Waals surface area (Å²) in [6, 6.07) is 2.46. The summed E-state index contributed by atoms with van der Waals surface area (Å²) in [7, 11) is 1.31. The molecule has 0 saturated carbocycles. The van der Waals surface area contributed by atoms with Gasteiger partial charge in [-0.15, -0.1) is 0 Å². The Morgan fingerprint density at radius 1 is 1.38 bits per heavy atom. The van der Waals surface area contributed by atoms with Crippen molar-refractivity contribution >= 4 is 5.69 Å². The summed E-state index contributed by atoms with van der Waals surface area (Å²) in [4.78, 5) is 9.74. The van der Waals surface area contributed by atoms with E-state index in [1.165, 1.54) is 26.2 Å². The molecule has 4 nitrogen and oxygen atoms in total. The van der Waals surface area contributed by atoms with E-state index in [0.29, 0.717) is 0 Å². The van der Waals surface area contributed by atoms with Crippen LogP contribution in [0.4, 0.5) is 10.1 Å². The Morgan fingerprint density at radius 2 is 1.88 bits per heavy atom. The summed E-state index contributed by atoms with van der Waals surface area (Å²) in [5.74, 6) is -0.667. The van der Waals surface area contributed by atoms with E-state index in [2.05, 4.69) is 4.74 Å². The fourth-order valence-electron chi connectivity index (χ4n) is 1.01. The number of nitro groups is 1. The van der Waals surface area contributed by atoms with Gasteiger partial charge in [0.25, 0.3) is 5.69 Å². The van der Waals surface area contributed by atoms with Crippen LogP contribution >= 0.6 is 0 Å². The fraction of sp³-hybridized carbons (Fsp3) is 0.200. The second-order valence-electron chi connectivity index (χ2n) is 2.48. The molecule has 1 rings (SSSR count). The first-order valence-corrected chi connectivity index (χ1v) is 3.55. The van der Waals surface area contributed by atoms with Crippen molar-refractivity contribution in [2.24, 2.45) is 0 Å². The molecule has 0 heterocycles. The molecular weight excluding hydrogens is 267 g/mol. The van der Waals surface area contributed by atoms with E-state index in [4.69, 9.17) is 0 Å². The van der Waals surface area contributed by atoms with E-state index in [0.717, 1.165) is 0 Å². The van der Waals surface area contributed by atoms with Gasteiger partial charge < -0.3 is 19.6 Å². The van der Waals surface area contributed by atoms with Crippen molar-refractivity contribution < 1.29 is 33.5 Å². The van der Waals surface area contributed by atoms with Gasteiger partial charge in [-0.1, -0.05) is 0 Å². The van der Waals surface area contributed by atoms with E-state index >= 15 is 0 Å². The average Bonchev–Trinajstić information content (AvgIpc) is 2.09. The van der Waals surface area contributed by atoms with Crippen LogP contribution in [-0.2, 0) is 19.5 Å². The maximum Gasteiger partial charge on any atom is 2.00 e. The molecule has 1 aromatic carbocycles. The van der Waals surface area contributed by atoms with Crippen LogP contribution in [0, 0.1) is 37.7 Å². The molecule has 0 saturated heterocycles. The monoisotopic (exact) mass is 279 g/mol. The molecule has 0 radical (unpaired) electrons. The maximum absolute atomic E-state index is 13.2. The second kappa shape index (κ2) is 8.16. The van der Waals surface area contributed by atoms with Crippen molar-refractivity contribution in [1.82, 2.24) is 0 Å². The SMILES string of the molecule is COc1ccc([N+](=O)[O-])c(C)c1F.[CH3-].[CH3-].[Zn+2]. The zero-order valence-electron chi connectivity index (χ0n) is 9.91. The van der Waals surface area contributed by atoms with E-state index in [9.17, 15) is 14.5 Å². The average molecular weight is 281 g/mol. The normalized spacial score (nSPS) is 7.94. The molecule has 0 atom stereocenters. The minimum Gasteiger partial charge on any atom is -0.494 e. The molecule has 1 aromatic rings. The third-order valence-electron chi connectivity index (χ3n) is 1.74. The van der Waals surface area contributed by atoms with Crippen molar-refractivity contribution in [3.8, 4) is 5.75 Å². The first-order chi connectivity index (χ1) is 6.07. The summed E-state index contributed by atoms with van der Waals surface area (Å²) in [5.41, 5.74) is -0.248. The van der Waals surface area contributed by atoms with Crippen LogP contribution in [0.3, 0.4) is 0 Å². The summed E-state index contributed by atoms with van der Waals surface area (Å²) in [6.07, 6.45) is 0. The molecule has 0 spiro atoms. The van der Waals surface area contributed by atoms with E-state index in [-0.39, 0.29) is 51.3 Å². The van der Waals surface area contributed by atoms with Crippen LogP contribution in [0.15, 0.2) is 12.1 Å². The van der Waals surface area contributed by atoms with Crippen LogP contribution in [0.5, 0.6) is 5.75 Å². The molecular formula is C10H14FNO3Zn. The summed E-state index contributed by atoms with van der Waals surface area (Å²) in [5, 5.41) is 10.4.